The van der Waals surface area contributed by atoms with E-state index >= 15 is 0 Å². The Hall–Kier alpha value is -2.68. The second-order valence-corrected chi connectivity index (χ2v) is 6.34. The average Bonchev–Trinajstić information content (AvgIpc) is 2.50. The Morgan fingerprint density at radius 2 is 1.96 bits per heavy atom. The Bertz CT molecular complexity index is 627. The molecule has 1 unspecified atom stereocenters. The molecule has 0 aliphatic heterocycles. The van der Waals surface area contributed by atoms with E-state index in [2.05, 4.69) is 10.6 Å². The molecule has 1 aromatic rings. The predicted molar refractivity (Wildman–Crippen MR) is 91.5 cm³/mol. The molecule has 9 heteroatoms. The summed E-state index contributed by atoms with van der Waals surface area (Å²) in [6, 6.07) is 4.79. The molecule has 1 atom stereocenters. The standard InChI is InChI=1S/C16H23N3O6/c1-16(2,3)25-9-8-12(15(21)22)18-14(20)10-17-11-6-4-5-7-13(11)19(23)24/h4-7,12,17H,8-10H2,1-3H3,(H,18,20)(H,21,22). The smallest absolute Gasteiger partial charge is 0.326 e. The number of nitrogens with zero attached hydrogens (tertiary/aromatic N) is 1. The summed E-state index contributed by atoms with van der Waals surface area (Å²) < 4.78 is 5.46. The lowest BCUT2D eigenvalue weighted by atomic mass is 10.1. The van der Waals surface area contributed by atoms with Gasteiger partial charge in [-0.3, -0.25) is 14.9 Å². The highest BCUT2D eigenvalue weighted by molar-refractivity contribution is 5.86. The van der Waals surface area contributed by atoms with Gasteiger partial charge in [0.2, 0.25) is 5.91 Å². The number of carbonyl (C=O) groups is 2. The van der Waals surface area contributed by atoms with E-state index in [4.69, 9.17) is 4.74 Å². The molecule has 25 heavy (non-hydrogen) atoms. The van der Waals surface area contributed by atoms with Crippen LogP contribution in [-0.2, 0) is 14.3 Å². The molecule has 0 bridgehead atoms. The Labute approximate surface area is 145 Å². The first-order valence-corrected chi connectivity index (χ1v) is 7.73. The van der Waals surface area contributed by atoms with Crippen molar-refractivity contribution in [2.24, 2.45) is 0 Å². The number of nitrogens with one attached hydrogen (secondary N) is 2. The SMILES string of the molecule is CC(C)(C)OCCC(NC(=O)CNc1ccccc1[N+](=O)[O-])C(=O)O. The number of ether oxygens (including phenoxy) is 1. The summed E-state index contributed by atoms with van der Waals surface area (Å²) in [6.45, 7) is 5.43. The van der Waals surface area contributed by atoms with Crippen molar-refractivity contribution in [3.8, 4) is 0 Å². The van der Waals surface area contributed by atoms with E-state index in [0.717, 1.165) is 0 Å². The van der Waals surface area contributed by atoms with Gasteiger partial charge in [0, 0.05) is 19.1 Å². The monoisotopic (exact) mass is 353 g/mol. The van der Waals surface area contributed by atoms with Gasteiger partial charge in [-0.05, 0) is 26.8 Å². The minimum atomic E-state index is -1.17. The van der Waals surface area contributed by atoms with Gasteiger partial charge < -0.3 is 20.5 Å². The first-order chi connectivity index (χ1) is 11.6. The number of carboxylic acids is 1. The molecular weight excluding hydrogens is 330 g/mol. The van der Waals surface area contributed by atoms with Crippen molar-refractivity contribution in [2.75, 3.05) is 18.5 Å². The van der Waals surface area contributed by atoms with E-state index in [1.165, 1.54) is 18.2 Å². The average molecular weight is 353 g/mol. The van der Waals surface area contributed by atoms with Gasteiger partial charge >= 0.3 is 5.97 Å². The number of hydrogen-bond donors (Lipinski definition) is 3. The first-order valence-electron chi connectivity index (χ1n) is 7.73. The number of nitro benzene ring substituents is 1. The Balaban J connectivity index is 2.56. The highest BCUT2D eigenvalue weighted by Crippen LogP contribution is 2.22. The summed E-state index contributed by atoms with van der Waals surface area (Å²) in [5, 5.41) is 25.1. The van der Waals surface area contributed by atoms with Crippen LogP contribution in [0.4, 0.5) is 11.4 Å². The molecule has 0 saturated heterocycles. The molecule has 1 rings (SSSR count). The summed E-state index contributed by atoms with van der Waals surface area (Å²) in [5.74, 6) is -1.75. The predicted octanol–water partition coefficient (Wildman–Crippen LogP) is 1.78. The maximum Gasteiger partial charge on any atom is 0.326 e. The van der Waals surface area contributed by atoms with Gasteiger partial charge in [-0.15, -0.1) is 0 Å². The summed E-state index contributed by atoms with van der Waals surface area (Å²) in [7, 11) is 0. The summed E-state index contributed by atoms with van der Waals surface area (Å²) in [6.07, 6.45) is 0.115. The largest absolute Gasteiger partial charge is 0.480 e. The van der Waals surface area contributed by atoms with Crippen LogP contribution in [0, 0.1) is 10.1 Å². The first kappa shape index (κ1) is 20.4. The number of carbonyl (C=O) groups excluding carboxylic acids is 1. The molecule has 1 aromatic carbocycles. The fourth-order valence-electron chi connectivity index (χ4n) is 1.94. The molecular formula is C16H23N3O6. The normalized spacial score (nSPS) is 12.3. The number of para-hydroxylation sites is 2. The van der Waals surface area contributed by atoms with Crippen LogP contribution in [0.5, 0.6) is 0 Å². The van der Waals surface area contributed by atoms with Crippen LogP contribution >= 0.6 is 0 Å². The maximum absolute atomic E-state index is 11.9. The molecule has 0 aliphatic carbocycles. The zero-order valence-electron chi connectivity index (χ0n) is 14.4. The molecule has 138 valence electrons. The molecule has 9 nitrogen and oxygen atoms in total. The van der Waals surface area contributed by atoms with Crippen LogP contribution in [0.1, 0.15) is 27.2 Å². The van der Waals surface area contributed by atoms with Gasteiger partial charge in [-0.25, -0.2) is 4.79 Å². The molecule has 0 saturated carbocycles. The molecule has 0 heterocycles. The van der Waals surface area contributed by atoms with Gasteiger partial charge in [0.25, 0.3) is 5.69 Å². The van der Waals surface area contributed by atoms with E-state index in [0.29, 0.717) is 0 Å². The van der Waals surface area contributed by atoms with E-state index in [-0.39, 0.29) is 30.9 Å². The topological polar surface area (TPSA) is 131 Å². The second kappa shape index (κ2) is 8.97. The van der Waals surface area contributed by atoms with E-state index in [1.807, 2.05) is 20.8 Å². The number of aliphatic carboxylic acids is 1. The number of rotatable bonds is 9. The quantitative estimate of drug-likeness (QED) is 0.455. The molecule has 0 aliphatic rings. The summed E-state index contributed by atoms with van der Waals surface area (Å²) >= 11 is 0. The van der Waals surface area contributed by atoms with Gasteiger partial charge in [-0.1, -0.05) is 12.1 Å². The van der Waals surface area contributed by atoms with Crippen molar-refractivity contribution >= 4 is 23.3 Å². The van der Waals surface area contributed by atoms with Crippen molar-refractivity contribution in [1.82, 2.24) is 5.32 Å². The van der Waals surface area contributed by atoms with Crippen LogP contribution in [0.2, 0.25) is 0 Å². The molecule has 1 amide bonds. The number of anilines is 1. The molecule has 3 N–H and O–H groups in total. The maximum atomic E-state index is 11.9. The van der Waals surface area contributed by atoms with Crippen LogP contribution in [-0.4, -0.2) is 46.7 Å². The van der Waals surface area contributed by atoms with Crippen LogP contribution in [0.3, 0.4) is 0 Å². The van der Waals surface area contributed by atoms with Crippen molar-refractivity contribution in [3.63, 3.8) is 0 Å². The van der Waals surface area contributed by atoms with Crippen LogP contribution < -0.4 is 10.6 Å². The second-order valence-electron chi connectivity index (χ2n) is 6.34. The summed E-state index contributed by atoms with van der Waals surface area (Å²) in [5.41, 5.74) is -0.379. The van der Waals surface area contributed by atoms with Gasteiger partial charge in [0.15, 0.2) is 0 Å². The molecule has 0 aromatic heterocycles. The lowest BCUT2D eigenvalue weighted by Gasteiger charge is -2.21. The number of benzene rings is 1. The van der Waals surface area contributed by atoms with E-state index < -0.39 is 28.4 Å². The van der Waals surface area contributed by atoms with Crippen molar-refractivity contribution in [1.29, 1.82) is 0 Å². The molecule has 0 radical (unpaired) electrons. The fraction of sp³-hybridized carbons (Fsp3) is 0.500. The molecule has 0 spiro atoms. The van der Waals surface area contributed by atoms with Gasteiger partial charge in [0.05, 0.1) is 17.1 Å². The third-order valence-corrected chi connectivity index (χ3v) is 3.12. The third-order valence-electron chi connectivity index (χ3n) is 3.12. The van der Waals surface area contributed by atoms with Gasteiger partial charge in [-0.2, -0.15) is 0 Å². The number of hydrogen-bond acceptors (Lipinski definition) is 6. The molecule has 0 fully saturated rings. The zero-order valence-corrected chi connectivity index (χ0v) is 14.4. The van der Waals surface area contributed by atoms with Gasteiger partial charge in [0.1, 0.15) is 11.7 Å². The highest BCUT2D eigenvalue weighted by atomic mass is 16.6. The van der Waals surface area contributed by atoms with Crippen molar-refractivity contribution in [3.05, 3.63) is 34.4 Å². The zero-order chi connectivity index (χ0) is 19.0. The minimum Gasteiger partial charge on any atom is -0.480 e. The highest BCUT2D eigenvalue weighted by Gasteiger charge is 2.21. The number of carboxylic acid groups (broad SMARTS) is 1. The minimum absolute atomic E-state index is 0.115. The lowest BCUT2D eigenvalue weighted by molar-refractivity contribution is -0.383. The Morgan fingerprint density at radius 1 is 1.32 bits per heavy atom. The number of amides is 1. The third kappa shape index (κ3) is 7.62. The van der Waals surface area contributed by atoms with Crippen LogP contribution in [0.25, 0.3) is 0 Å². The van der Waals surface area contributed by atoms with E-state index in [9.17, 15) is 24.8 Å². The van der Waals surface area contributed by atoms with Crippen molar-refractivity contribution < 1.29 is 24.4 Å². The lowest BCUT2D eigenvalue weighted by Crippen LogP contribution is -2.44. The Kier molecular flexibility index (Phi) is 7.31. The number of nitro groups is 1. The van der Waals surface area contributed by atoms with E-state index in [1.54, 1.807) is 6.07 Å². The van der Waals surface area contributed by atoms with Crippen LogP contribution in [0.15, 0.2) is 24.3 Å². The summed E-state index contributed by atoms with van der Waals surface area (Å²) in [4.78, 5) is 33.5. The fourth-order valence-corrected chi connectivity index (χ4v) is 1.94. The Morgan fingerprint density at radius 3 is 2.52 bits per heavy atom. The van der Waals surface area contributed by atoms with Crippen molar-refractivity contribution in [2.45, 2.75) is 38.8 Å².